The molecule has 5 aromatic rings. The quantitative estimate of drug-likeness (QED) is 0.121. The van der Waals surface area contributed by atoms with Crippen LogP contribution in [0, 0.1) is 0 Å². The molecule has 0 fully saturated rings. The van der Waals surface area contributed by atoms with Gasteiger partial charge in [0.1, 0.15) is 30.4 Å². The molecular weight excluding hydrogens is 500 g/mol. The molecule has 198 valence electrons. The molecule has 0 unspecified atom stereocenters. The van der Waals surface area contributed by atoms with Crippen LogP contribution in [-0.2, 0) is 6.61 Å². The van der Waals surface area contributed by atoms with Crippen molar-refractivity contribution in [3.05, 3.63) is 145 Å². The lowest BCUT2D eigenvalue weighted by Gasteiger charge is -2.07. The van der Waals surface area contributed by atoms with E-state index in [1.165, 1.54) is 0 Å². The second-order valence-corrected chi connectivity index (χ2v) is 8.84. The Kier molecular flexibility index (Phi) is 8.44. The zero-order chi connectivity index (χ0) is 27.6. The molecule has 7 heteroatoms. The van der Waals surface area contributed by atoms with Crippen LogP contribution in [0.2, 0.25) is 0 Å². The highest BCUT2D eigenvalue weighted by atomic mass is 16.5. The number of para-hydroxylation sites is 1. The van der Waals surface area contributed by atoms with Gasteiger partial charge in [-0.05, 0) is 66.2 Å². The fraction of sp³-hybridized carbons (Fsp3) is 0.0606. The molecule has 1 aromatic heterocycles. The second-order valence-electron chi connectivity index (χ2n) is 8.84. The Morgan fingerprint density at radius 3 is 2.20 bits per heavy atom. The van der Waals surface area contributed by atoms with Gasteiger partial charge in [0.2, 0.25) is 0 Å². The van der Waals surface area contributed by atoms with Crippen molar-refractivity contribution in [2.75, 3.05) is 6.61 Å². The van der Waals surface area contributed by atoms with Crippen molar-refractivity contribution in [2.45, 2.75) is 6.61 Å². The number of hydrogen-bond donors (Lipinski definition) is 1. The number of ether oxygens (including phenoxy) is 2. The molecule has 0 radical (unpaired) electrons. The number of benzene rings is 4. The number of carbonyl (C=O) groups excluding carboxylic acids is 1. The van der Waals surface area contributed by atoms with Crippen molar-refractivity contribution in [3.63, 3.8) is 0 Å². The highest BCUT2D eigenvalue weighted by molar-refractivity contribution is 5.95. The third-order valence-electron chi connectivity index (χ3n) is 5.99. The van der Waals surface area contributed by atoms with Gasteiger partial charge in [0.25, 0.3) is 5.91 Å². The molecule has 0 aliphatic carbocycles. The molecule has 5 rings (SSSR count). The average Bonchev–Trinajstić information content (AvgIpc) is 3.44. The van der Waals surface area contributed by atoms with Crippen LogP contribution >= 0.6 is 0 Å². The standard InChI is InChI=1S/C33H28N4O3/c1-2-21-39-30-19-15-27(16-20-30)33(38)35-34-22-28-23-37(29-11-7-4-8-12-29)36-32(28)26-13-17-31(18-14-26)40-24-25-9-5-3-6-10-25/h2-20,22-23H,1,21,24H2,(H,35,38)/b34-22-. The van der Waals surface area contributed by atoms with Crippen molar-refractivity contribution < 1.29 is 14.3 Å². The molecule has 0 spiro atoms. The van der Waals surface area contributed by atoms with E-state index in [-0.39, 0.29) is 5.91 Å². The number of nitrogens with zero attached hydrogens (tertiary/aromatic N) is 3. The molecule has 1 N–H and O–H groups in total. The minimum atomic E-state index is -0.330. The molecule has 7 nitrogen and oxygen atoms in total. The molecule has 0 saturated carbocycles. The SMILES string of the molecule is C=CCOc1ccc(C(=O)N/N=C\c2cn(-c3ccccc3)nc2-c2ccc(OCc3ccccc3)cc2)cc1. The van der Waals surface area contributed by atoms with Crippen LogP contribution < -0.4 is 14.9 Å². The Labute approximate surface area is 233 Å². The van der Waals surface area contributed by atoms with Crippen LogP contribution in [0.5, 0.6) is 11.5 Å². The summed E-state index contributed by atoms with van der Waals surface area (Å²) in [5.41, 5.74) is 7.44. The van der Waals surface area contributed by atoms with Gasteiger partial charge in [-0.25, -0.2) is 10.1 Å². The van der Waals surface area contributed by atoms with Crippen LogP contribution in [0.25, 0.3) is 16.9 Å². The summed E-state index contributed by atoms with van der Waals surface area (Å²) in [6.45, 7) is 4.52. The van der Waals surface area contributed by atoms with Gasteiger partial charge in [-0.2, -0.15) is 10.2 Å². The largest absolute Gasteiger partial charge is 0.490 e. The van der Waals surface area contributed by atoms with Gasteiger partial charge in [-0.3, -0.25) is 4.79 Å². The zero-order valence-corrected chi connectivity index (χ0v) is 21.8. The summed E-state index contributed by atoms with van der Waals surface area (Å²) in [6, 6.07) is 34.4. The van der Waals surface area contributed by atoms with Crippen LogP contribution in [0.15, 0.2) is 133 Å². The lowest BCUT2D eigenvalue weighted by molar-refractivity contribution is 0.0955. The van der Waals surface area contributed by atoms with Gasteiger partial charge < -0.3 is 9.47 Å². The van der Waals surface area contributed by atoms with Gasteiger partial charge in [0, 0.05) is 22.9 Å². The first kappa shape index (κ1) is 26.2. The molecule has 1 heterocycles. The van der Waals surface area contributed by atoms with Crippen molar-refractivity contribution >= 4 is 12.1 Å². The fourth-order valence-corrected chi connectivity index (χ4v) is 3.95. The minimum Gasteiger partial charge on any atom is -0.490 e. The van der Waals surface area contributed by atoms with Crippen LogP contribution in [0.3, 0.4) is 0 Å². The first-order chi connectivity index (χ1) is 19.7. The average molecular weight is 529 g/mol. The van der Waals surface area contributed by atoms with Crippen molar-refractivity contribution in [3.8, 4) is 28.4 Å². The van der Waals surface area contributed by atoms with E-state index in [1.807, 2.05) is 91.1 Å². The molecule has 0 atom stereocenters. The number of nitrogens with one attached hydrogen (secondary N) is 1. The maximum atomic E-state index is 12.6. The van der Waals surface area contributed by atoms with E-state index in [1.54, 1.807) is 41.2 Å². The molecule has 0 aliphatic heterocycles. The van der Waals surface area contributed by atoms with Gasteiger partial charge in [0.05, 0.1) is 11.9 Å². The third-order valence-corrected chi connectivity index (χ3v) is 5.99. The molecule has 0 aliphatic rings. The number of carbonyl (C=O) groups is 1. The number of hydrazone groups is 1. The summed E-state index contributed by atoms with van der Waals surface area (Å²) in [4.78, 5) is 12.6. The minimum absolute atomic E-state index is 0.330. The Bertz CT molecular complexity index is 1580. The van der Waals surface area contributed by atoms with Crippen LogP contribution in [-0.4, -0.2) is 28.5 Å². The van der Waals surface area contributed by atoms with Crippen LogP contribution in [0.4, 0.5) is 0 Å². The number of amides is 1. The molecule has 40 heavy (non-hydrogen) atoms. The van der Waals surface area contributed by atoms with E-state index in [9.17, 15) is 4.79 Å². The highest BCUT2D eigenvalue weighted by Crippen LogP contribution is 2.25. The van der Waals surface area contributed by atoms with Gasteiger partial charge in [0.15, 0.2) is 0 Å². The monoisotopic (exact) mass is 528 g/mol. The lowest BCUT2D eigenvalue weighted by Crippen LogP contribution is -2.17. The normalized spacial score (nSPS) is 10.8. The Hall–Kier alpha value is -5.43. The van der Waals surface area contributed by atoms with E-state index in [4.69, 9.17) is 14.6 Å². The summed E-state index contributed by atoms with van der Waals surface area (Å²) in [6.07, 6.45) is 5.14. The first-order valence-corrected chi connectivity index (χ1v) is 12.8. The van der Waals surface area contributed by atoms with Gasteiger partial charge in [-0.15, -0.1) is 0 Å². The molecule has 4 aromatic carbocycles. The summed E-state index contributed by atoms with van der Waals surface area (Å²) in [7, 11) is 0. The Morgan fingerprint density at radius 1 is 0.850 bits per heavy atom. The fourth-order valence-electron chi connectivity index (χ4n) is 3.95. The van der Waals surface area contributed by atoms with Gasteiger partial charge in [-0.1, -0.05) is 61.2 Å². The maximum Gasteiger partial charge on any atom is 0.271 e. The summed E-state index contributed by atoms with van der Waals surface area (Å²) in [5, 5.41) is 9.03. The van der Waals surface area contributed by atoms with Crippen molar-refractivity contribution in [1.29, 1.82) is 0 Å². The van der Waals surface area contributed by atoms with E-state index in [0.29, 0.717) is 24.5 Å². The molecule has 0 bridgehead atoms. The molecule has 0 saturated heterocycles. The lowest BCUT2D eigenvalue weighted by atomic mass is 10.1. The van der Waals surface area contributed by atoms with Crippen LogP contribution in [0.1, 0.15) is 21.5 Å². The second kappa shape index (κ2) is 12.9. The van der Waals surface area contributed by atoms with Crippen molar-refractivity contribution in [2.24, 2.45) is 5.10 Å². The first-order valence-electron chi connectivity index (χ1n) is 12.8. The predicted octanol–water partition coefficient (Wildman–Crippen LogP) is 6.45. The van der Waals surface area contributed by atoms with E-state index in [0.717, 1.165) is 33.8 Å². The smallest absolute Gasteiger partial charge is 0.271 e. The number of hydrogen-bond acceptors (Lipinski definition) is 5. The van der Waals surface area contributed by atoms with Gasteiger partial charge >= 0.3 is 0 Å². The Morgan fingerprint density at radius 2 is 1.50 bits per heavy atom. The number of rotatable bonds is 11. The Balaban J connectivity index is 1.33. The zero-order valence-electron chi connectivity index (χ0n) is 21.8. The summed E-state index contributed by atoms with van der Waals surface area (Å²) < 4.78 is 13.2. The topological polar surface area (TPSA) is 77.7 Å². The van der Waals surface area contributed by atoms with Crippen molar-refractivity contribution in [1.82, 2.24) is 15.2 Å². The molecule has 1 amide bonds. The maximum absolute atomic E-state index is 12.6. The van der Waals surface area contributed by atoms with E-state index < -0.39 is 0 Å². The number of aromatic nitrogens is 2. The van der Waals surface area contributed by atoms with E-state index in [2.05, 4.69) is 17.1 Å². The third kappa shape index (κ3) is 6.71. The summed E-state index contributed by atoms with van der Waals surface area (Å²) in [5.74, 6) is 1.09. The highest BCUT2D eigenvalue weighted by Gasteiger charge is 2.12. The van der Waals surface area contributed by atoms with E-state index >= 15 is 0 Å². The predicted molar refractivity (Wildman–Crippen MR) is 157 cm³/mol. The summed E-state index contributed by atoms with van der Waals surface area (Å²) >= 11 is 0. The molecular formula is C33H28N4O3.